The Morgan fingerprint density at radius 3 is 2.79 bits per heavy atom. The van der Waals surface area contributed by atoms with E-state index in [9.17, 15) is 15.0 Å². The van der Waals surface area contributed by atoms with Gasteiger partial charge < -0.3 is 10.2 Å². The summed E-state index contributed by atoms with van der Waals surface area (Å²) in [6.45, 7) is 0. The van der Waals surface area contributed by atoms with E-state index in [0.717, 1.165) is 0 Å². The number of aromatic hydroxyl groups is 2. The van der Waals surface area contributed by atoms with E-state index in [2.05, 4.69) is 15.5 Å². The molecule has 0 saturated heterocycles. The van der Waals surface area contributed by atoms with E-state index in [0.29, 0.717) is 5.56 Å². The molecule has 19 heavy (non-hydrogen) atoms. The van der Waals surface area contributed by atoms with Gasteiger partial charge in [-0.25, -0.2) is 5.43 Å². The Labute approximate surface area is 109 Å². The van der Waals surface area contributed by atoms with Gasteiger partial charge in [0.15, 0.2) is 11.5 Å². The summed E-state index contributed by atoms with van der Waals surface area (Å²) in [6.07, 6.45) is 2.73. The molecule has 2 aromatic rings. The van der Waals surface area contributed by atoms with Crippen LogP contribution in [0.15, 0.2) is 47.7 Å². The van der Waals surface area contributed by atoms with Gasteiger partial charge in [0, 0.05) is 11.8 Å². The minimum atomic E-state index is -0.462. The van der Waals surface area contributed by atoms with Crippen molar-refractivity contribution < 1.29 is 15.0 Å². The SMILES string of the molecule is O=C(N/N=C/c1cccc(O)c1O)c1ccccn1. The van der Waals surface area contributed by atoms with E-state index in [1.54, 1.807) is 30.3 Å². The number of pyridine rings is 1. The maximum atomic E-state index is 11.6. The van der Waals surface area contributed by atoms with Crippen LogP contribution in [0.2, 0.25) is 0 Å². The molecule has 2 rings (SSSR count). The van der Waals surface area contributed by atoms with Gasteiger partial charge in [0.25, 0.3) is 5.91 Å². The van der Waals surface area contributed by atoms with Gasteiger partial charge in [-0.3, -0.25) is 9.78 Å². The van der Waals surface area contributed by atoms with Crippen LogP contribution < -0.4 is 5.43 Å². The van der Waals surface area contributed by atoms with Crippen molar-refractivity contribution >= 4 is 12.1 Å². The van der Waals surface area contributed by atoms with Crippen LogP contribution in [0.4, 0.5) is 0 Å². The zero-order chi connectivity index (χ0) is 13.7. The monoisotopic (exact) mass is 257 g/mol. The van der Waals surface area contributed by atoms with Gasteiger partial charge >= 0.3 is 0 Å². The van der Waals surface area contributed by atoms with E-state index in [4.69, 9.17) is 0 Å². The molecule has 0 unspecified atom stereocenters. The highest BCUT2D eigenvalue weighted by Crippen LogP contribution is 2.26. The number of phenols is 2. The number of hydrazone groups is 1. The van der Waals surface area contributed by atoms with Crippen molar-refractivity contribution in [3.63, 3.8) is 0 Å². The Morgan fingerprint density at radius 2 is 2.05 bits per heavy atom. The third-order valence-electron chi connectivity index (χ3n) is 2.31. The molecule has 0 bridgehead atoms. The minimum Gasteiger partial charge on any atom is -0.504 e. The van der Waals surface area contributed by atoms with E-state index in [1.165, 1.54) is 18.5 Å². The summed E-state index contributed by atoms with van der Waals surface area (Å²) in [7, 11) is 0. The molecule has 0 aliphatic heterocycles. The van der Waals surface area contributed by atoms with Crippen molar-refractivity contribution in [1.29, 1.82) is 0 Å². The molecule has 1 aromatic heterocycles. The average molecular weight is 257 g/mol. The van der Waals surface area contributed by atoms with Crippen LogP contribution in [-0.4, -0.2) is 27.3 Å². The lowest BCUT2D eigenvalue weighted by Crippen LogP contribution is -2.18. The topological polar surface area (TPSA) is 94.8 Å². The minimum absolute atomic E-state index is 0.236. The number of hydrogen-bond acceptors (Lipinski definition) is 5. The number of amides is 1. The molecule has 0 spiro atoms. The van der Waals surface area contributed by atoms with Crippen LogP contribution in [-0.2, 0) is 0 Å². The molecule has 3 N–H and O–H groups in total. The summed E-state index contributed by atoms with van der Waals surface area (Å²) in [6, 6.07) is 9.38. The summed E-state index contributed by atoms with van der Waals surface area (Å²) in [5, 5.41) is 22.5. The predicted octanol–water partition coefficient (Wildman–Crippen LogP) is 1.26. The molecule has 1 heterocycles. The lowest BCUT2D eigenvalue weighted by atomic mass is 10.2. The number of carbonyl (C=O) groups excluding carboxylic acids is 1. The van der Waals surface area contributed by atoms with Crippen molar-refractivity contribution in [2.24, 2.45) is 5.10 Å². The Balaban J connectivity index is 2.05. The second-order valence-electron chi connectivity index (χ2n) is 3.63. The molecule has 1 aromatic carbocycles. The Bertz CT molecular complexity index is 612. The molecular formula is C13H11N3O3. The summed E-state index contributed by atoms with van der Waals surface area (Å²) < 4.78 is 0. The van der Waals surface area contributed by atoms with Crippen LogP contribution in [0.1, 0.15) is 16.1 Å². The first-order chi connectivity index (χ1) is 9.18. The normalized spacial score (nSPS) is 10.5. The highest BCUT2D eigenvalue weighted by molar-refractivity contribution is 5.93. The first kappa shape index (κ1) is 12.6. The summed E-state index contributed by atoms with van der Waals surface area (Å²) in [5.74, 6) is -1.00. The van der Waals surface area contributed by atoms with Crippen LogP contribution in [0.5, 0.6) is 11.5 Å². The average Bonchev–Trinajstić information content (AvgIpc) is 2.44. The molecule has 0 radical (unpaired) electrons. The molecule has 6 heteroatoms. The Kier molecular flexibility index (Phi) is 3.72. The lowest BCUT2D eigenvalue weighted by molar-refractivity contribution is 0.0950. The molecule has 0 fully saturated rings. The summed E-state index contributed by atoms with van der Waals surface area (Å²) in [5.41, 5.74) is 2.80. The third kappa shape index (κ3) is 3.06. The largest absolute Gasteiger partial charge is 0.504 e. The van der Waals surface area contributed by atoms with Crippen molar-refractivity contribution in [3.8, 4) is 11.5 Å². The molecule has 96 valence electrons. The van der Waals surface area contributed by atoms with E-state index in [-0.39, 0.29) is 17.2 Å². The quantitative estimate of drug-likeness (QED) is 0.438. The van der Waals surface area contributed by atoms with Crippen LogP contribution in [0.3, 0.4) is 0 Å². The highest BCUT2D eigenvalue weighted by atomic mass is 16.3. The first-order valence-electron chi connectivity index (χ1n) is 5.44. The third-order valence-corrected chi connectivity index (χ3v) is 2.31. The number of benzene rings is 1. The van der Waals surface area contributed by atoms with E-state index in [1.807, 2.05) is 0 Å². The smallest absolute Gasteiger partial charge is 0.289 e. The fraction of sp³-hybridized carbons (Fsp3) is 0. The Hall–Kier alpha value is -2.89. The molecule has 1 amide bonds. The first-order valence-corrected chi connectivity index (χ1v) is 5.44. The number of phenolic OH excluding ortho intramolecular Hbond substituents is 2. The van der Waals surface area contributed by atoms with Crippen molar-refractivity contribution in [2.45, 2.75) is 0 Å². The highest BCUT2D eigenvalue weighted by Gasteiger charge is 2.05. The fourth-order valence-electron chi connectivity index (χ4n) is 1.37. The van der Waals surface area contributed by atoms with Gasteiger partial charge in [-0.05, 0) is 24.3 Å². The molecule has 0 atom stereocenters. The van der Waals surface area contributed by atoms with Crippen LogP contribution in [0, 0.1) is 0 Å². The summed E-state index contributed by atoms with van der Waals surface area (Å²) >= 11 is 0. The van der Waals surface area contributed by atoms with E-state index < -0.39 is 5.91 Å². The fourth-order valence-corrected chi connectivity index (χ4v) is 1.37. The van der Waals surface area contributed by atoms with Gasteiger partial charge in [-0.2, -0.15) is 5.10 Å². The van der Waals surface area contributed by atoms with Gasteiger partial charge in [0.2, 0.25) is 0 Å². The lowest BCUT2D eigenvalue weighted by Gasteiger charge is -2.01. The maximum Gasteiger partial charge on any atom is 0.289 e. The number of rotatable bonds is 3. The number of carbonyl (C=O) groups is 1. The molecule has 6 nitrogen and oxygen atoms in total. The summed E-state index contributed by atoms with van der Waals surface area (Å²) in [4.78, 5) is 15.4. The molecule has 0 aliphatic rings. The van der Waals surface area contributed by atoms with Gasteiger partial charge in [-0.1, -0.05) is 12.1 Å². The Morgan fingerprint density at radius 1 is 1.21 bits per heavy atom. The van der Waals surface area contributed by atoms with Crippen molar-refractivity contribution in [2.75, 3.05) is 0 Å². The number of aromatic nitrogens is 1. The van der Waals surface area contributed by atoms with E-state index >= 15 is 0 Å². The molecular weight excluding hydrogens is 246 g/mol. The maximum absolute atomic E-state index is 11.6. The molecule has 0 saturated carbocycles. The second-order valence-corrected chi connectivity index (χ2v) is 3.63. The van der Waals surface area contributed by atoms with Crippen LogP contribution in [0.25, 0.3) is 0 Å². The second kappa shape index (κ2) is 5.63. The van der Waals surface area contributed by atoms with Crippen LogP contribution >= 0.6 is 0 Å². The predicted molar refractivity (Wildman–Crippen MR) is 69.1 cm³/mol. The zero-order valence-electron chi connectivity index (χ0n) is 9.82. The number of nitrogens with one attached hydrogen (secondary N) is 1. The number of para-hydroxylation sites is 1. The van der Waals surface area contributed by atoms with Crippen molar-refractivity contribution in [3.05, 3.63) is 53.9 Å². The number of nitrogens with zero attached hydrogens (tertiary/aromatic N) is 2. The van der Waals surface area contributed by atoms with Crippen molar-refractivity contribution in [1.82, 2.24) is 10.4 Å². The molecule has 0 aliphatic carbocycles. The van der Waals surface area contributed by atoms with Gasteiger partial charge in [0.1, 0.15) is 5.69 Å². The standard InChI is InChI=1S/C13H11N3O3/c17-11-6-3-4-9(12(11)18)8-15-16-13(19)10-5-1-2-7-14-10/h1-8,17-18H,(H,16,19)/b15-8+. The number of hydrogen-bond donors (Lipinski definition) is 3. The zero-order valence-corrected chi connectivity index (χ0v) is 9.82. The van der Waals surface area contributed by atoms with Gasteiger partial charge in [-0.15, -0.1) is 0 Å². The van der Waals surface area contributed by atoms with Gasteiger partial charge in [0.05, 0.1) is 6.21 Å².